The second-order valence-electron chi connectivity index (χ2n) is 2.76. The van der Waals surface area contributed by atoms with E-state index in [-0.39, 0.29) is 5.38 Å². The summed E-state index contributed by atoms with van der Waals surface area (Å²) in [7, 11) is 0. The summed E-state index contributed by atoms with van der Waals surface area (Å²) in [5.41, 5.74) is 1.28. The second-order valence-corrected chi connectivity index (χ2v) is 3.76. The van der Waals surface area contributed by atoms with Gasteiger partial charge >= 0.3 is 0 Å². The lowest BCUT2D eigenvalue weighted by Crippen LogP contribution is -2.03. The average molecular weight is 203 g/mol. The molecule has 0 aromatic heterocycles. The summed E-state index contributed by atoms with van der Waals surface area (Å²) < 4.78 is 0. The number of benzene rings is 1. The van der Waals surface area contributed by atoms with Crippen molar-refractivity contribution >= 4 is 23.2 Å². The van der Waals surface area contributed by atoms with Gasteiger partial charge in [-0.25, -0.2) is 0 Å². The molecule has 1 rings (SSSR count). The summed E-state index contributed by atoms with van der Waals surface area (Å²) in [4.78, 5) is 0. The van der Waals surface area contributed by atoms with Crippen molar-refractivity contribution in [1.82, 2.24) is 0 Å². The van der Waals surface area contributed by atoms with Gasteiger partial charge in [0.1, 0.15) is 0 Å². The maximum atomic E-state index is 6.03. The first-order valence-electron chi connectivity index (χ1n) is 4.07. The normalized spacial score (nSPS) is 12.8. The summed E-state index contributed by atoms with van der Waals surface area (Å²) in [5.74, 6) is 0.640. The van der Waals surface area contributed by atoms with Crippen LogP contribution in [0.2, 0.25) is 0 Å². The van der Waals surface area contributed by atoms with E-state index in [0.717, 1.165) is 12.8 Å². The Morgan fingerprint density at radius 3 is 2.42 bits per heavy atom. The molecule has 0 N–H and O–H groups in total. The fourth-order valence-electron chi connectivity index (χ4n) is 1.09. The van der Waals surface area contributed by atoms with Crippen LogP contribution in [0, 0.1) is 0 Å². The highest BCUT2D eigenvalue weighted by molar-refractivity contribution is 6.22. The number of halogens is 2. The smallest absolute Gasteiger partial charge is 0.0387 e. The van der Waals surface area contributed by atoms with E-state index >= 15 is 0 Å². The van der Waals surface area contributed by atoms with Gasteiger partial charge in [0, 0.05) is 11.3 Å². The minimum absolute atomic E-state index is 0.171. The van der Waals surface area contributed by atoms with E-state index in [1.165, 1.54) is 5.56 Å². The third-order valence-corrected chi connectivity index (χ3v) is 2.31. The molecular weight excluding hydrogens is 191 g/mol. The van der Waals surface area contributed by atoms with Crippen LogP contribution < -0.4 is 0 Å². The molecule has 0 aliphatic carbocycles. The van der Waals surface area contributed by atoms with E-state index in [1.807, 2.05) is 18.2 Å². The predicted octanol–water partition coefficient (Wildman–Crippen LogP) is 3.47. The van der Waals surface area contributed by atoms with Crippen LogP contribution in [0.15, 0.2) is 30.3 Å². The Morgan fingerprint density at radius 2 is 1.83 bits per heavy atom. The number of alkyl halides is 2. The molecule has 0 fully saturated rings. The molecule has 0 aliphatic rings. The Bertz CT molecular complexity index is 208. The Labute approximate surface area is 83.5 Å². The minimum Gasteiger partial charge on any atom is -0.127 e. The molecule has 0 heterocycles. The Kier molecular flexibility index (Phi) is 4.49. The van der Waals surface area contributed by atoms with Crippen LogP contribution in [0.25, 0.3) is 0 Å². The van der Waals surface area contributed by atoms with Crippen LogP contribution in [0.5, 0.6) is 0 Å². The van der Waals surface area contributed by atoms with Gasteiger partial charge in [0.05, 0.1) is 0 Å². The van der Waals surface area contributed by atoms with Gasteiger partial charge in [-0.3, -0.25) is 0 Å². The van der Waals surface area contributed by atoms with Gasteiger partial charge in [0.15, 0.2) is 0 Å². The third kappa shape index (κ3) is 3.46. The summed E-state index contributed by atoms with van der Waals surface area (Å²) in [5, 5.41) is 0.171. The van der Waals surface area contributed by atoms with Gasteiger partial charge in [-0.1, -0.05) is 30.3 Å². The van der Waals surface area contributed by atoms with Crippen LogP contribution in [0.1, 0.15) is 12.0 Å². The minimum atomic E-state index is 0.171. The summed E-state index contributed by atoms with van der Waals surface area (Å²) >= 11 is 11.6. The van der Waals surface area contributed by atoms with Crippen molar-refractivity contribution in [1.29, 1.82) is 0 Å². The van der Waals surface area contributed by atoms with Gasteiger partial charge in [0.2, 0.25) is 0 Å². The maximum Gasteiger partial charge on any atom is 0.0387 e. The van der Waals surface area contributed by atoms with Crippen molar-refractivity contribution in [2.75, 3.05) is 5.88 Å². The first-order chi connectivity index (χ1) is 5.83. The molecule has 0 nitrogen and oxygen atoms in total. The highest BCUT2D eigenvalue weighted by Crippen LogP contribution is 2.11. The van der Waals surface area contributed by atoms with Crippen molar-refractivity contribution in [3.05, 3.63) is 35.9 Å². The SMILES string of the molecule is ClCCC(Cl)Cc1ccccc1. The molecule has 0 saturated heterocycles. The van der Waals surface area contributed by atoms with E-state index < -0.39 is 0 Å². The zero-order valence-electron chi connectivity index (χ0n) is 6.84. The first-order valence-corrected chi connectivity index (χ1v) is 5.04. The molecule has 66 valence electrons. The van der Waals surface area contributed by atoms with Crippen LogP contribution in [0.4, 0.5) is 0 Å². The molecular formula is C10H12Cl2. The molecule has 0 saturated carbocycles. The molecule has 1 unspecified atom stereocenters. The molecule has 0 aliphatic heterocycles. The Morgan fingerprint density at radius 1 is 1.17 bits per heavy atom. The molecule has 1 aromatic carbocycles. The highest BCUT2D eigenvalue weighted by Gasteiger charge is 2.03. The topological polar surface area (TPSA) is 0 Å². The summed E-state index contributed by atoms with van der Waals surface area (Å²) in [6.45, 7) is 0. The number of hydrogen-bond acceptors (Lipinski definition) is 0. The predicted molar refractivity (Wildman–Crippen MR) is 55.1 cm³/mol. The lowest BCUT2D eigenvalue weighted by molar-refractivity contribution is 0.810. The van der Waals surface area contributed by atoms with Gasteiger partial charge < -0.3 is 0 Å². The van der Waals surface area contributed by atoms with E-state index in [0.29, 0.717) is 5.88 Å². The largest absolute Gasteiger partial charge is 0.127 e. The fourth-order valence-corrected chi connectivity index (χ4v) is 1.75. The summed E-state index contributed by atoms with van der Waals surface area (Å²) in [6, 6.07) is 10.2. The summed E-state index contributed by atoms with van der Waals surface area (Å²) in [6.07, 6.45) is 1.78. The van der Waals surface area contributed by atoms with Crippen LogP contribution in [-0.2, 0) is 6.42 Å². The van der Waals surface area contributed by atoms with Gasteiger partial charge in [-0.05, 0) is 18.4 Å². The highest BCUT2D eigenvalue weighted by atomic mass is 35.5. The quantitative estimate of drug-likeness (QED) is 0.657. The number of hydrogen-bond donors (Lipinski definition) is 0. The Balaban J connectivity index is 2.41. The molecule has 1 atom stereocenters. The van der Waals surface area contributed by atoms with Crippen LogP contribution in [-0.4, -0.2) is 11.3 Å². The number of rotatable bonds is 4. The molecule has 0 spiro atoms. The first kappa shape index (κ1) is 9.88. The zero-order chi connectivity index (χ0) is 8.81. The van der Waals surface area contributed by atoms with Crippen molar-refractivity contribution < 1.29 is 0 Å². The van der Waals surface area contributed by atoms with Gasteiger partial charge in [-0.15, -0.1) is 23.2 Å². The van der Waals surface area contributed by atoms with Crippen LogP contribution in [0.3, 0.4) is 0 Å². The molecule has 0 bridgehead atoms. The lowest BCUT2D eigenvalue weighted by Gasteiger charge is -2.06. The average Bonchev–Trinajstić information content (AvgIpc) is 2.06. The molecule has 0 radical (unpaired) electrons. The van der Waals surface area contributed by atoms with Gasteiger partial charge in [-0.2, -0.15) is 0 Å². The standard InChI is InChI=1S/C10H12Cl2/c11-7-6-10(12)8-9-4-2-1-3-5-9/h1-5,10H,6-8H2. The van der Waals surface area contributed by atoms with E-state index in [1.54, 1.807) is 0 Å². The Hall–Kier alpha value is -0.200. The van der Waals surface area contributed by atoms with Gasteiger partial charge in [0.25, 0.3) is 0 Å². The molecule has 0 amide bonds. The molecule has 12 heavy (non-hydrogen) atoms. The van der Waals surface area contributed by atoms with E-state index in [2.05, 4.69) is 12.1 Å². The fraction of sp³-hybridized carbons (Fsp3) is 0.400. The van der Waals surface area contributed by atoms with Crippen molar-refractivity contribution in [3.8, 4) is 0 Å². The van der Waals surface area contributed by atoms with E-state index in [9.17, 15) is 0 Å². The van der Waals surface area contributed by atoms with Crippen molar-refractivity contribution in [2.45, 2.75) is 18.2 Å². The second kappa shape index (κ2) is 5.45. The lowest BCUT2D eigenvalue weighted by atomic mass is 10.1. The maximum absolute atomic E-state index is 6.03. The monoisotopic (exact) mass is 202 g/mol. The van der Waals surface area contributed by atoms with Crippen molar-refractivity contribution in [3.63, 3.8) is 0 Å². The zero-order valence-corrected chi connectivity index (χ0v) is 8.35. The molecule has 2 heteroatoms. The van der Waals surface area contributed by atoms with E-state index in [4.69, 9.17) is 23.2 Å². The third-order valence-electron chi connectivity index (χ3n) is 1.72. The van der Waals surface area contributed by atoms with Crippen molar-refractivity contribution in [2.24, 2.45) is 0 Å². The van der Waals surface area contributed by atoms with Crippen LogP contribution >= 0.6 is 23.2 Å². The molecule has 1 aromatic rings.